The van der Waals surface area contributed by atoms with Crippen LogP contribution in [0, 0.1) is 0 Å². The lowest BCUT2D eigenvalue weighted by Gasteiger charge is -2.13. The average molecular weight is 293 g/mol. The second kappa shape index (κ2) is 7.96. The molecule has 0 bridgehead atoms. The van der Waals surface area contributed by atoms with Gasteiger partial charge in [0.2, 0.25) is 0 Å². The van der Waals surface area contributed by atoms with Crippen molar-refractivity contribution in [1.82, 2.24) is 5.32 Å². The van der Waals surface area contributed by atoms with Gasteiger partial charge in [-0.3, -0.25) is 0 Å². The molecule has 0 saturated carbocycles. The van der Waals surface area contributed by atoms with Gasteiger partial charge in [0, 0.05) is 6.54 Å². The fourth-order valence-corrected chi connectivity index (χ4v) is 1.43. The summed E-state index contributed by atoms with van der Waals surface area (Å²) in [5.41, 5.74) is 0. The SMILES string of the molecule is CCCNCC(O)COc1ccc(OC(F)(F)F)cc1. The lowest BCUT2D eigenvalue weighted by Crippen LogP contribution is -2.31. The summed E-state index contributed by atoms with van der Waals surface area (Å²) in [5.74, 6) is 0.0593. The maximum absolute atomic E-state index is 11.9. The monoisotopic (exact) mass is 293 g/mol. The molecule has 7 heteroatoms. The molecule has 2 N–H and O–H groups in total. The Morgan fingerprint density at radius 3 is 2.35 bits per heavy atom. The Bertz CT molecular complexity index is 381. The Morgan fingerprint density at radius 1 is 1.20 bits per heavy atom. The predicted molar refractivity (Wildman–Crippen MR) is 67.8 cm³/mol. The van der Waals surface area contributed by atoms with E-state index < -0.39 is 12.5 Å². The van der Waals surface area contributed by atoms with Crippen molar-refractivity contribution in [2.24, 2.45) is 0 Å². The second-order valence-electron chi connectivity index (χ2n) is 4.19. The van der Waals surface area contributed by atoms with Crippen LogP contribution in [0.1, 0.15) is 13.3 Å². The normalized spacial score (nSPS) is 13.1. The molecule has 0 aliphatic heterocycles. The summed E-state index contributed by atoms with van der Waals surface area (Å²) < 4.78 is 44.8. The molecular formula is C13H18F3NO3. The van der Waals surface area contributed by atoms with E-state index in [0.717, 1.165) is 25.1 Å². The molecule has 0 saturated heterocycles. The Kier molecular flexibility index (Phi) is 6.60. The van der Waals surface area contributed by atoms with Crippen LogP contribution in [-0.2, 0) is 0 Å². The fraction of sp³-hybridized carbons (Fsp3) is 0.538. The van der Waals surface area contributed by atoms with Crippen LogP contribution in [0.25, 0.3) is 0 Å². The molecule has 1 aromatic rings. The summed E-state index contributed by atoms with van der Waals surface area (Å²) in [6, 6.07) is 5.02. The van der Waals surface area contributed by atoms with Crippen LogP contribution in [0.5, 0.6) is 11.5 Å². The van der Waals surface area contributed by atoms with E-state index in [1.54, 1.807) is 0 Å². The van der Waals surface area contributed by atoms with Crippen molar-refractivity contribution in [2.45, 2.75) is 25.8 Å². The standard InChI is InChI=1S/C13H18F3NO3/c1-2-7-17-8-10(18)9-19-11-3-5-12(6-4-11)20-13(14,15)16/h3-6,10,17-18H,2,7-9H2,1H3. The van der Waals surface area contributed by atoms with Crippen LogP contribution in [0.4, 0.5) is 13.2 Å². The molecule has 1 unspecified atom stereocenters. The zero-order valence-electron chi connectivity index (χ0n) is 11.1. The van der Waals surface area contributed by atoms with Gasteiger partial charge in [0.25, 0.3) is 0 Å². The van der Waals surface area contributed by atoms with Crippen molar-refractivity contribution in [1.29, 1.82) is 0 Å². The third kappa shape index (κ3) is 7.20. The van der Waals surface area contributed by atoms with E-state index in [1.807, 2.05) is 6.92 Å². The molecule has 0 aliphatic carbocycles. The summed E-state index contributed by atoms with van der Waals surface area (Å²) in [5, 5.41) is 12.6. The minimum absolute atomic E-state index is 0.0657. The van der Waals surface area contributed by atoms with E-state index in [2.05, 4.69) is 10.1 Å². The van der Waals surface area contributed by atoms with Crippen LogP contribution < -0.4 is 14.8 Å². The van der Waals surface area contributed by atoms with Gasteiger partial charge in [0.05, 0.1) is 0 Å². The first-order valence-electron chi connectivity index (χ1n) is 6.28. The predicted octanol–water partition coefficient (Wildman–Crippen LogP) is 2.32. The number of ether oxygens (including phenoxy) is 2. The zero-order chi connectivity index (χ0) is 15.0. The molecule has 0 aliphatic rings. The van der Waals surface area contributed by atoms with E-state index >= 15 is 0 Å². The van der Waals surface area contributed by atoms with Gasteiger partial charge in [-0.2, -0.15) is 0 Å². The summed E-state index contributed by atoms with van der Waals surface area (Å²) in [6.45, 7) is 3.29. The minimum Gasteiger partial charge on any atom is -0.491 e. The average Bonchev–Trinajstić information content (AvgIpc) is 2.36. The molecule has 0 aromatic heterocycles. The first-order chi connectivity index (χ1) is 9.40. The molecular weight excluding hydrogens is 275 g/mol. The number of hydrogen-bond donors (Lipinski definition) is 2. The van der Waals surface area contributed by atoms with E-state index in [9.17, 15) is 18.3 Å². The van der Waals surface area contributed by atoms with Crippen molar-refractivity contribution < 1.29 is 27.8 Å². The molecule has 1 atom stereocenters. The van der Waals surface area contributed by atoms with Crippen molar-refractivity contribution in [3.63, 3.8) is 0 Å². The third-order valence-electron chi connectivity index (χ3n) is 2.31. The van der Waals surface area contributed by atoms with Gasteiger partial charge in [0.15, 0.2) is 0 Å². The number of rotatable bonds is 8. The quantitative estimate of drug-likeness (QED) is 0.722. The summed E-state index contributed by atoms with van der Waals surface area (Å²) >= 11 is 0. The van der Waals surface area contributed by atoms with Crippen molar-refractivity contribution in [2.75, 3.05) is 19.7 Å². The summed E-state index contributed by atoms with van der Waals surface area (Å²) in [6.07, 6.45) is -4.41. The third-order valence-corrected chi connectivity index (χ3v) is 2.31. The molecule has 0 heterocycles. The van der Waals surface area contributed by atoms with Crippen LogP contribution >= 0.6 is 0 Å². The largest absolute Gasteiger partial charge is 0.573 e. The second-order valence-corrected chi connectivity index (χ2v) is 4.19. The summed E-state index contributed by atoms with van der Waals surface area (Å²) in [7, 11) is 0. The number of hydrogen-bond acceptors (Lipinski definition) is 4. The molecule has 0 spiro atoms. The van der Waals surface area contributed by atoms with Gasteiger partial charge < -0.3 is 19.9 Å². The number of aliphatic hydroxyl groups is 1. The van der Waals surface area contributed by atoms with Crippen molar-refractivity contribution >= 4 is 0 Å². The molecule has 20 heavy (non-hydrogen) atoms. The summed E-state index contributed by atoms with van der Waals surface area (Å²) in [4.78, 5) is 0. The minimum atomic E-state index is -4.70. The first-order valence-corrected chi connectivity index (χ1v) is 6.28. The number of halogens is 3. The Morgan fingerprint density at radius 2 is 1.80 bits per heavy atom. The molecule has 0 fully saturated rings. The van der Waals surface area contributed by atoms with E-state index in [0.29, 0.717) is 12.3 Å². The molecule has 4 nitrogen and oxygen atoms in total. The van der Waals surface area contributed by atoms with Crippen LogP contribution in [-0.4, -0.2) is 37.3 Å². The Labute approximate surface area is 115 Å². The van der Waals surface area contributed by atoms with Gasteiger partial charge in [-0.05, 0) is 37.2 Å². The maximum Gasteiger partial charge on any atom is 0.573 e. The van der Waals surface area contributed by atoms with Gasteiger partial charge in [-0.25, -0.2) is 0 Å². The van der Waals surface area contributed by atoms with Gasteiger partial charge in [0.1, 0.15) is 24.2 Å². The van der Waals surface area contributed by atoms with Crippen molar-refractivity contribution in [3.05, 3.63) is 24.3 Å². The Balaban J connectivity index is 2.34. The van der Waals surface area contributed by atoms with Gasteiger partial charge in [-0.15, -0.1) is 13.2 Å². The highest BCUT2D eigenvalue weighted by Crippen LogP contribution is 2.24. The topological polar surface area (TPSA) is 50.7 Å². The van der Waals surface area contributed by atoms with Crippen LogP contribution in [0.3, 0.4) is 0 Å². The smallest absolute Gasteiger partial charge is 0.491 e. The Hall–Kier alpha value is -1.47. The molecule has 1 rings (SSSR count). The van der Waals surface area contributed by atoms with E-state index in [4.69, 9.17) is 4.74 Å². The van der Waals surface area contributed by atoms with Gasteiger partial charge >= 0.3 is 6.36 Å². The van der Waals surface area contributed by atoms with Gasteiger partial charge in [-0.1, -0.05) is 6.92 Å². The van der Waals surface area contributed by atoms with Crippen LogP contribution in [0.15, 0.2) is 24.3 Å². The highest BCUT2D eigenvalue weighted by Gasteiger charge is 2.30. The van der Waals surface area contributed by atoms with Crippen molar-refractivity contribution in [3.8, 4) is 11.5 Å². The zero-order valence-corrected chi connectivity index (χ0v) is 11.1. The van der Waals surface area contributed by atoms with E-state index in [-0.39, 0.29) is 12.4 Å². The highest BCUT2D eigenvalue weighted by atomic mass is 19.4. The number of benzene rings is 1. The lowest BCUT2D eigenvalue weighted by atomic mass is 10.3. The number of aliphatic hydroxyl groups excluding tert-OH is 1. The highest BCUT2D eigenvalue weighted by molar-refractivity contribution is 5.31. The fourth-order valence-electron chi connectivity index (χ4n) is 1.43. The maximum atomic E-state index is 11.9. The van der Waals surface area contributed by atoms with E-state index in [1.165, 1.54) is 12.1 Å². The van der Waals surface area contributed by atoms with Crippen LogP contribution in [0.2, 0.25) is 0 Å². The molecule has 0 amide bonds. The number of alkyl halides is 3. The molecule has 1 aromatic carbocycles. The number of nitrogens with one attached hydrogen (secondary N) is 1. The molecule has 0 radical (unpaired) electrons. The molecule has 114 valence electrons. The first kappa shape index (κ1) is 16.6. The lowest BCUT2D eigenvalue weighted by molar-refractivity contribution is -0.274.